The monoisotopic (exact) mass is 347 g/mol. The van der Waals surface area contributed by atoms with Crippen molar-refractivity contribution in [3.63, 3.8) is 0 Å². The van der Waals surface area contributed by atoms with Crippen LogP contribution in [0.2, 0.25) is 0 Å². The van der Waals surface area contributed by atoms with Crippen LogP contribution in [0.5, 0.6) is 5.75 Å². The van der Waals surface area contributed by atoms with E-state index in [-0.39, 0.29) is 11.9 Å². The second-order valence-corrected chi connectivity index (χ2v) is 6.80. The van der Waals surface area contributed by atoms with Gasteiger partial charge in [-0.2, -0.15) is 0 Å². The summed E-state index contributed by atoms with van der Waals surface area (Å²) in [5.74, 6) is 0.0824. The van der Waals surface area contributed by atoms with Crippen LogP contribution in [0.1, 0.15) is 35.2 Å². The van der Waals surface area contributed by atoms with E-state index in [2.05, 4.69) is 36.1 Å². The first-order chi connectivity index (χ1) is 12.7. The fraction of sp³-hybridized carbons (Fsp3) is 0.217. The van der Waals surface area contributed by atoms with Crippen LogP contribution in [0.4, 0.5) is 10.1 Å². The van der Waals surface area contributed by atoms with Crippen LogP contribution in [0.25, 0.3) is 0 Å². The van der Waals surface area contributed by atoms with Gasteiger partial charge in [0.25, 0.3) is 0 Å². The molecule has 0 fully saturated rings. The fourth-order valence-corrected chi connectivity index (χ4v) is 3.82. The van der Waals surface area contributed by atoms with Gasteiger partial charge in [-0.05, 0) is 71.5 Å². The molecule has 3 aromatic carbocycles. The Balaban J connectivity index is 1.82. The number of rotatable bonds is 3. The molecule has 3 aromatic rings. The zero-order valence-electron chi connectivity index (χ0n) is 14.8. The Kier molecular flexibility index (Phi) is 4.37. The molecule has 0 saturated heterocycles. The van der Waals surface area contributed by atoms with E-state index in [1.54, 1.807) is 6.07 Å². The van der Waals surface area contributed by atoms with E-state index in [9.17, 15) is 9.50 Å². The van der Waals surface area contributed by atoms with Gasteiger partial charge in [0.05, 0.1) is 6.04 Å². The highest BCUT2D eigenvalue weighted by Crippen LogP contribution is 2.39. The van der Waals surface area contributed by atoms with Gasteiger partial charge >= 0.3 is 0 Å². The molecule has 0 spiro atoms. The second-order valence-electron chi connectivity index (χ2n) is 6.80. The maximum Gasteiger partial charge on any atom is 0.123 e. The van der Waals surface area contributed by atoms with Crippen molar-refractivity contribution >= 4 is 5.69 Å². The molecule has 0 bridgehead atoms. The summed E-state index contributed by atoms with van der Waals surface area (Å²) in [5, 5.41) is 9.87. The van der Waals surface area contributed by atoms with Crippen molar-refractivity contribution < 1.29 is 9.50 Å². The number of nitrogens with zero attached hydrogens (tertiary/aromatic N) is 1. The third kappa shape index (κ3) is 3.05. The van der Waals surface area contributed by atoms with Gasteiger partial charge in [-0.15, -0.1) is 0 Å². The highest BCUT2D eigenvalue weighted by atomic mass is 19.1. The van der Waals surface area contributed by atoms with Crippen molar-refractivity contribution in [2.24, 2.45) is 0 Å². The van der Waals surface area contributed by atoms with Gasteiger partial charge in [-0.3, -0.25) is 0 Å². The number of halogens is 1. The van der Waals surface area contributed by atoms with E-state index in [1.807, 2.05) is 24.3 Å². The van der Waals surface area contributed by atoms with Crippen LogP contribution in [-0.2, 0) is 12.8 Å². The molecular weight excluding hydrogens is 325 g/mol. The van der Waals surface area contributed by atoms with Gasteiger partial charge < -0.3 is 10.0 Å². The summed E-state index contributed by atoms with van der Waals surface area (Å²) in [6.45, 7) is 2.97. The third-order valence-corrected chi connectivity index (χ3v) is 5.22. The molecule has 1 aliphatic rings. The van der Waals surface area contributed by atoms with Crippen molar-refractivity contribution in [3.05, 3.63) is 94.8 Å². The van der Waals surface area contributed by atoms with Crippen LogP contribution < -0.4 is 4.90 Å². The Morgan fingerprint density at radius 2 is 1.73 bits per heavy atom. The topological polar surface area (TPSA) is 23.5 Å². The van der Waals surface area contributed by atoms with Crippen molar-refractivity contribution in [1.29, 1.82) is 0 Å². The zero-order valence-corrected chi connectivity index (χ0v) is 14.8. The average molecular weight is 347 g/mol. The van der Waals surface area contributed by atoms with Crippen molar-refractivity contribution in [3.8, 4) is 5.75 Å². The van der Waals surface area contributed by atoms with Crippen LogP contribution in [-0.4, -0.2) is 11.7 Å². The van der Waals surface area contributed by atoms with Crippen molar-refractivity contribution in [2.45, 2.75) is 25.8 Å². The number of aromatic hydroxyl groups is 1. The number of phenols is 1. The predicted octanol–water partition coefficient (Wildman–Crippen LogP) is 5.25. The van der Waals surface area contributed by atoms with Gasteiger partial charge in [0.1, 0.15) is 11.6 Å². The number of aryl methyl sites for hydroxylation is 1. The van der Waals surface area contributed by atoms with Gasteiger partial charge in [-0.25, -0.2) is 4.39 Å². The van der Waals surface area contributed by atoms with Crippen LogP contribution in [0.3, 0.4) is 0 Å². The Bertz CT molecular complexity index is 902. The molecule has 1 atom stereocenters. The normalized spacial score (nSPS) is 16.4. The SMILES string of the molecule is CCc1ccc(C2c3ccc(O)cc3CCN2c2ccc(F)cc2)cc1. The molecule has 1 heterocycles. The van der Waals surface area contributed by atoms with E-state index >= 15 is 0 Å². The molecular formula is C23H22FNO. The summed E-state index contributed by atoms with van der Waals surface area (Å²) in [6.07, 6.45) is 1.86. The predicted molar refractivity (Wildman–Crippen MR) is 103 cm³/mol. The van der Waals surface area contributed by atoms with Crippen LogP contribution in [0.15, 0.2) is 66.7 Å². The van der Waals surface area contributed by atoms with Gasteiger partial charge in [0.2, 0.25) is 0 Å². The van der Waals surface area contributed by atoms with Gasteiger partial charge in [0.15, 0.2) is 0 Å². The maximum atomic E-state index is 13.4. The molecule has 1 aliphatic heterocycles. The Labute approximate surface area is 153 Å². The van der Waals surface area contributed by atoms with Gasteiger partial charge in [0, 0.05) is 12.2 Å². The second kappa shape index (κ2) is 6.83. The molecule has 0 amide bonds. The Hall–Kier alpha value is -2.81. The molecule has 0 aromatic heterocycles. The molecule has 2 nitrogen and oxygen atoms in total. The van der Waals surface area contributed by atoms with Crippen LogP contribution in [0, 0.1) is 5.82 Å². The van der Waals surface area contributed by atoms with Gasteiger partial charge in [-0.1, -0.05) is 37.3 Å². The number of hydrogen-bond acceptors (Lipinski definition) is 2. The van der Waals surface area contributed by atoms with Crippen molar-refractivity contribution in [2.75, 3.05) is 11.4 Å². The largest absolute Gasteiger partial charge is 0.508 e. The molecule has 0 radical (unpaired) electrons. The quantitative estimate of drug-likeness (QED) is 0.700. The zero-order chi connectivity index (χ0) is 18.1. The first-order valence-corrected chi connectivity index (χ1v) is 9.08. The summed E-state index contributed by atoms with van der Waals surface area (Å²) in [6, 6.07) is 21.1. The average Bonchev–Trinajstić information content (AvgIpc) is 2.68. The number of anilines is 1. The summed E-state index contributed by atoms with van der Waals surface area (Å²) in [7, 11) is 0. The summed E-state index contributed by atoms with van der Waals surface area (Å²) in [5.41, 5.74) is 5.90. The lowest BCUT2D eigenvalue weighted by Crippen LogP contribution is -2.36. The lowest BCUT2D eigenvalue weighted by atomic mass is 9.87. The maximum absolute atomic E-state index is 13.4. The highest BCUT2D eigenvalue weighted by Gasteiger charge is 2.29. The molecule has 0 saturated carbocycles. The molecule has 26 heavy (non-hydrogen) atoms. The molecule has 3 heteroatoms. The lowest BCUT2D eigenvalue weighted by molar-refractivity contribution is 0.473. The minimum atomic E-state index is -0.222. The van der Waals surface area contributed by atoms with E-state index in [1.165, 1.54) is 34.4 Å². The molecule has 4 rings (SSSR count). The molecule has 132 valence electrons. The minimum absolute atomic E-state index is 0.0516. The van der Waals surface area contributed by atoms with E-state index in [0.29, 0.717) is 5.75 Å². The third-order valence-electron chi connectivity index (χ3n) is 5.22. The summed E-state index contributed by atoms with van der Waals surface area (Å²) < 4.78 is 13.4. The lowest BCUT2D eigenvalue weighted by Gasteiger charge is -2.39. The molecule has 0 aliphatic carbocycles. The first-order valence-electron chi connectivity index (χ1n) is 9.08. The smallest absolute Gasteiger partial charge is 0.123 e. The fourth-order valence-electron chi connectivity index (χ4n) is 3.82. The number of hydrogen-bond donors (Lipinski definition) is 1. The first kappa shape index (κ1) is 16.6. The van der Waals surface area contributed by atoms with Crippen LogP contribution >= 0.6 is 0 Å². The van der Waals surface area contributed by atoms with Crippen molar-refractivity contribution in [1.82, 2.24) is 0 Å². The van der Waals surface area contributed by atoms with E-state index in [0.717, 1.165) is 25.1 Å². The Morgan fingerprint density at radius 1 is 1.00 bits per heavy atom. The summed E-state index contributed by atoms with van der Waals surface area (Å²) >= 11 is 0. The van der Waals surface area contributed by atoms with E-state index < -0.39 is 0 Å². The highest BCUT2D eigenvalue weighted by molar-refractivity contribution is 5.56. The van der Waals surface area contributed by atoms with E-state index in [4.69, 9.17) is 0 Å². The number of phenolic OH excluding ortho intramolecular Hbond substituents is 1. The standard InChI is InChI=1S/C23H22FNO/c1-2-16-3-5-17(6-4-16)23-22-12-11-21(26)15-18(22)13-14-25(23)20-9-7-19(24)8-10-20/h3-12,15,23,26H,2,13-14H2,1H3. The molecule has 1 N–H and O–H groups in total. The summed E-state index contributed by atoms with van der Waals surface area (Å²) in [4.78, 5) is 2.32. The number of benzene rings is 3. The number of fused-ring (bicyclic) bond motifs is 1. The minimum Gasteiger partial charge on any atom is -0.508 e. The Morgan fingerprint density at radius 3 is 2.42 bits per heavy atom. The molecule has 1 unspecified atom stereocenters.